The Morgan fingerprint density at radius 3 is 2.86 bits per heavy atom. The van der Waals surface area contributed by atoms with Crippen molar-refractivity contribution in [2.75, 3.05) is 18.4 Å². The highest BCUT2D eigenvalue weighted by Crippen LogP contribution is 2.30. The predicted molar refractivity (Wildman–Crippen MR) is 74.1 cm³/mol. The van der Waals surface area contributed by atoms with Crippen LogP contribution in [0.5, 0.6) is 0 Å². The lowest BCUT2D eigenvalue weighted by atomic mass is 10.1. The van der Waals surface area contributed by atoms with E-state index in [9.17, 15) is 18.0 Å². The second-order valence-electron chi connectivity index (χ2n) is 5.07. The summed E-state index contributed by atoms with van der Waals surface area (Å²) in [6.07, 6.45) is -1.47. The molecule has 0 aliphatic carbocycles. The van der Waals surface area contributed by atoms with Crippen molar-refractivity contribution < 1.29 is 18.0 Å². The quantitative estimate of drug-likeness (QED) is 0.786. The Hall–Kier alpha value is -1.76. The molecule has 1 aromatic carbocycles. The first-order chi connectivity index (χ1) is 9.95. The lowest BCUT2D eigenvalue weighted by Gasteiger charge is -2.17. The zero-order chi connectivity index (χ0) is 15.3. The van der Waals surface area contributed by atoms with E-state index >= 15 is 0 Å². The van der Waals surface area contributed by atoms with Crippen molar-refractivity contribution in [3.05, 3.63) is 29.8 Å². The van der Waals surface area contributed by atoms with Crippen molar-refractivity contribution in [1.29, 1.82) is 0 Å². The molecule has 0 saturated carbocycles. The summed E-state index contributed by atoms with van der Waals surface area (Å²) >= 11 is 0. The second kappa shape index (κ2) is 6.80. The van der Waals surface area contributed by atoms with Gasteiger partial charge in [0.15, 0.2) is 0 Å². The van der Waals surface area contributed by atoms with Crippen molar-refractivity contribution in [3.8, 4) is 0 Å². The monoisotopic (exact) mass is 301 g/mol. The molecule has 1 heterocycles. The molecule has 2 amide bonds. The summed E-state index contributed by atoms with van der Waals surface area (Å²) in [5.74, 6) is 0. The Kier molecular flexibility index (Phi) is 5.06. The van der Waals surface area contributed by atoms with Crippen LogP contribution in [0.3, 0.4) is 0 Å². The minimum Gasteiger partial charge on any atom is -0.334 e. The lowest BCUT2D eigenvalue weighted by molar-refractivity contribution is -0.137. The fraction of sp³-hybridized carbons (Fsp3) is 0.500. The first-order valence-electron chi connectivity index (χ1n) is 6.90. The first kappa shape index (κ1) is 15.6. The molecule has 1 atom stereocenters. The van der Waals surface area contributed by atoms with E-state index < -0.39 is 17.8 Å². The van der Waals surface area contributed by atoms with Gasteiger partial charge in [0, 0.05) is 18.3 Å². The number of hydrogen-bond donors (Lipinski definition) is 3. The zero-order valence-corrected chi connectivity index (χ0v) is 11.5. The van der Waals surface area contributed by atoms with Crippen LogP contribution in [0.1, 0.15) is 24.8 Å². The van der Waals surface area contributed by atoms with Crippen LogP contribution in [0.15, 0.2) is 24.3 Å². The van der Waals surface area contributed by atoms with Crippen molar-refractivity contribution in [1.82, 2.24) is 10.6 Å². The molecule has 1 unspecified atom stereocenters. The molecular formula is C14H18F3N3O. The number of alkyl halides is 3. The van der Waals surface area contributed by atoms with E-state index in [1.54, 1.807) is 0 Å². The van der Waals surface area contributed by atoms with Crippen LogP contribution in [0.4, 0.5) is 23.7 Å². The van der Waals surface area contributed by atoms with E-state index in [1.165, 1.54) is 12.1 Å². The van der Waals surface area contributed by atoms with Gasteiger partial charge in [-0.25, -0.2) is 4.79 Å². The third-order valence-corrected chi connectivity index (χ3v) is 3.33. The lowest BCUT2D eigenvalue weighted by Crippen LogP contribution is -2.42. The van der Waals surface area contributed by atoms with Gasteiger partial charge in [0.2, 0.25) is 0 Å². The fourth-order valence-electron chi connectivity index (χ4n) is 2.27. The van der Waals surface area contributed by atoms with E-state index in [2.05, 4.69) is 16.0 Å². The molecule has 1 saturated heterocycles. The maximum absolute atomic E-state index is 12.6. The number of nitrogens with one attached hydrogen (secondary N) is 3. The summed E-state index contributed by atoms with van der Waals surface area (Å²) in [7, 11) is 0. The van der Waals surface area contributed by atoms with Gasteiger partial charge in [-0.15, -0.1) is 0 Å². The molecule has 3 N–H and O–H groups in total. The second-order valence-corrected chi connectivity index (χ2v) is 5.07. The molecule has 1 aliphatic heterocycles. The maximum atomic E-state index is 12.6. The van der Waals surface area contributed by atoms with E-state index in [0.717, 1.165) is 37.9 Å². The van der Waals surface area contributed by atoms with Gasteiger partial charge < -0.3 is 16.0 Å². The fourth-order valence-corrected chi connectivity index (χ4v) is 2.27. The molecule has 2 rings (SSSR count). The van der Waals surface area contributed by atoms with Crippen molar-refractivity contribution in [2.24, 2.45) is 0 Å². The standard InChI is InChI=1S/C14H18F3N3O/c15-14(16,17)10-4-3-6-11(8-10)19-13(21)20-12-5-1-2-7-18-9-12/h3-4,6,8,12,18H,1-2,5,7,9H2,(H2,19,20,21). The van der Waals surface area contributed by atoms with Crippen LogP contribution in [0, 0.1) is 0 Å². The van der Waals surface area contributed by atoms with Gasteiger partial charge >= 0.3 is 12.2 Å². The maximum Gasteiger partial charge on any atom is 0.416 e. The Labute approximate surface area is 121 Å². The number of carbonyl (C=O) groups excluding carboxylic acids is 1. The molecule has 0 radical (unpaired) electrons. The molecule has 4 nitrogen and oxygen atoms in total. The Balaban J connectivity index is 1.93. The van der Waals surface area contributed by atoms with Gasteiger partial charge in [0.05, 0.1) is 5.56 Å². The van der Waals surface area contributed by atoms with Crippen molar-refractivity contribution >= 4 is 11.7 Å². The molecule has 7 heteroatoms. The molecule has 0 spiro atoms. The summed E-state index contributed by atoms with van der Waals surface area (Å²) < 4.78 is 37.8. The minimum atomic E-state index is -4.42. The largest absolute Gasteiger partial charge is 0.416 e. The van der Waals surface area contributed by atoms with Crippen molar-refractivity contribution in [2.45, 2.75) is 31.5 Å². The van der Waals surface area contributed by atoms with Crippen LogP contribution in [0.25, 0.3) is 0 Å². The van der Waals surface area contributed by atoms with Crippen molar-refractivity contribution in [3.63, 3.8) is 0 Å². The molecule has 116 valence electrons. The van der Waals surface area contributed by atoms with E-state index in [4.69, 9.17) is 0 Å². The number of benzene rings is 1. The molecule has 1 aromatic rings. The molecule has 21 heavy (non-hydrogen) atoms. The molecule has 1 fully saturated rings. The van der Waals surface area contributed by atoms with E-state index in [-0.39, 0.29) is 11.7 Å². The summed E-state index contributed by atoms with van der Waals surface area (Å²) in [5.41, 5.74) is -0.652. The smallest absolute Gasteiger partial charge is 0.334 e. The number of carbonyl (C=O) groups is 1. The summed E-state index contributed by atoms with van der Waals surface area (Å²) in [6, 6.07) is 4.11. The van der Waals surface area contributed by atoms with Crippen LogP contribution in [0.2, 0.25) is 0 Å². The zero-order valence-electron chi connectivity index (χ0n) is 11.5. The topological polar surface area (TPSA) is 53.2 Å². The Morgan fingerprint density at radius 2 is 2.10 bits per heavy atom. The molecule has 0 bridgehead atoms. The van der Waals surface area contributed by atoms with Crippen LogP contribution in [-0.4, -0.2) is 25.2 Å². The normalized spacial score (nSPS) is 19.7. The number of hydrogen-bond acceptors (Lipinski definition) is 2. The highest BCUT2D eigenvalue weighted by atomic mass is 19.4. The van der Waals surface area contributed by atoms with Gasteiger partial charge in [0.1, 0.15) is 0 Å². The number of halogens is 3. The third-order valence-electron chi connectivity index (χ3n) is 3.33. The Bertz CT molecular complexity index is 483. The highest BCUT2D eigenvalue weighted by Gasteiger charge is 2.30. The van der Waals surface area contributed by atoms with Gasteiger partial charge in [0.25, 0.3) is 0 Å². The molecule has 1 aliphatic rings. The SMILES string of the molecule is O=C(Nc1cccc(C(F)(F)F)c1)NC1CCCCNC1. The molecule has 0 aromatic heterocycles. The highest BCUT2D eigenvalue weighted by molar-refractivity contribution is 5.89. The van der Waals surface area contributed by atoms with Gasteiger partial charge in [-0.05, 0) is 37.6 Å². The predicted octanol–water partition coefficient (Wildman–Crippen LogP) is 2.97. The van der Waals surface area contributed by atoms with Crippen LogP contribution < -0.4 is 16.0 Å². The van der Waals surface area contributed by atoms with Crippen LogP contribution >= 0.6 is 0 Å². The summed E-state index contributed by atoms with van der Waals surface area (Å²) in [5, 5.41) is 8.42. The third kappa shape index (κ3) is 4.93. The number of amides is 2. The first-order valence-corrected chi connectivity index (χ1v) is 6.90. The average molecular weight is 301 g/mol. The molecular weight excluding hydrogens is 283 g/mol. The minimum absolute atomic E-state index is 0.00158. The van der Waals surface area contributed by atoms with E-state index in [1.807, 2.05) is 0 Å². The van der Waals surface area contributed by atoms with Crippen LogP contribution in [-0.2, 0) is 6.18 Å². The number of anilines is 1. The number of urea groups is 1. The van der Waals surface area contributed by atoms with Gasteiger partial charge in [-0.2, -0.15) is 13.2 Å². The van der Waals surface area contributed by atoms with E-state index in [0.29, 0.717) is 6.54 Å². The average Bonchev–Trinajstić information content (AvgIpc) is 2.66. The summed E-state index contributed by atoms with van der Waals surface area (Å²) in [6.45, 7) is 1.60. The van der Waals surface area contributed by atoms with Gasteiger partial charge in [-0.3, -0.25) is 0 Å². The van der Waals surface area contributed by atoms with Gasteiger partial charge in [-0.1, -0.05) is 12.5 Å². The number of rotatable bonds is 2. The summed E-state index contributed by atoms with van der Waals surface area (Å²) in [4.78, 5) is 11.8. The Morgan fingerprint density at radius 1 is 1.29 bits per heavy atom.